The zero-order chi connectivity index (χ0) is 7.82. The quantitative estimate of drug-likeness (QED) is 0.347. The van der Waals surface area contributed by atoms with Crippen LogP contribution in [0.15, 0.2) is 22.9 Å². The van der Waals surface area contributed by atoms with Crippen LogP contribution in [0.4, 0.5) is 0 Å². The molecule has 0 atom stereocenters. The van der Waals surface area contributed by atoms with E-state index in [1.165, 1.54) is 12.3 Å². The zero-order valence-corrected chi connectivity index (χ0v) is 5.49. The number of rotatable bonds is 3. The van der Waals surface area contributed by atoms with Crippen LogP contribution < -0.4 is 5.73 Å². The molecular weight excluding hydrogens is 128 g/mol. The zero-order valence-electron chi connectivity index (χ0n) is 5.49. The Morgan fingerprint density at radius 1 is 1.80 bits per heavy atom. The average molecular weight is 136 g/mol. The first kappa shape index (κ1) is 8.37. The molecule has 0 aromatic carbocycles. The van der Waals surface area contributed by atoms with E-state index in [2.05, 4.69) is 16.8 Å². The summed E-state index contributed by atoms with van der Waals surface area (Å²) in [6.07, 6.45) is 2.97. The summed E-state index contributed by atoms with van der Waals surface area (Å²) in [6, 6.07) is 1.84. The van der Waals surface area contributed by atoms with Crippen LogP contribution in [0.5, 0.6) is 0 Å². The predicted octanol–water partition coefficient (Wildman–Crippen LogP) is 0.429. The molecule has 0 radical (unpaired) electrons. The summed E-state index contributed by atoms with van der Waals surface area (Å²) < 4.78 is 0. The third-order valence-corrected chi connectivity index (χ3v) is 0.618. The maximum Gasteiger partial charge on any atom is 0.136 e. The molecule has 0 amide bonds. The Balaban J connectivity index is 3.81. The third kappa shape index (κ3) is 4.53. The molecule has 4 heteroatoms. The van der Waals surface area contributed by atoms with Crippen molar-refractivity contribution in [2.75, 3.05) is 0 Å². The molecule has 0 heterocycles. The van der Waals surface area contributed by atoms with Gasteiger partial charge in [-0.2, -0.15) is 10.4 Å². The molecule has 0 aromatic rings. The summed E-state index contributed by atoms with van der Waals surface area (Å²) in [7, 11) is 0. The highest BCUT2D eigenvalue weighted by molar-refractivity contribution is 5.82. The van der Waals surface area contributed by atoms with Crippen molar-refractivity contribution in [2.45, 2.75) is 6.42 Å². The van der Waals surface area contributed by atoms with Gasteiger partial charge in [0.2, 0.25) is 0 Å². The van der Waals surface area contributed by atoms with Crippen molar-refractivity contribution in [3.8, 4) is 6.07 Å². The summed E-state index contributed by atoms with van der Waals surface area (Å²) in [4.78, 5) is 0. The summed E-state index contributed by atoms with van der Waals surface area (Å²) in [6.45, 7) is 3.38. The number of nitrogens with zero attached hydrogens (tertiary/aromatic N) is 3. The van der Waals surface area contributed by atoms with Crippen LogP contribution in [-0.2, 0) is 0 Å². The number of allylic oxidation sites excluding steroid dienone is 1. The minimum absolute atomic E-state index is 0.106. The second-order valence-electron chi connectivity index (χ2n) is 1.43. The highest BCUT2D eigenvalue weighted by Gasteiger charge is 1.85. The van der Waals surface area contributed by atoms with Crippen molar-refractivity contribution in [2.24, 2.45) is 15.9 Å². The Kier molecular flexibility index (Phi) is 4.61. The topological polar surface area (TPSA) is 74.5 Å². The fraction of sp³-hybridized carbons (Fsp3) is 0.167. The van der Waals surface area contributed by atoms with E-state index < -0.39 is 0 Å². The molecule has 0 aliphatic heterocycles. The predicted molar refractivity (Wildman–Crippen MR) is 40.5 cm³/mol. The Morgan fingerprint density at radius 2 is 2.50 bits per heavy atom. The monoisotopic (exact) mass is 136 g/mol. The second kappa shape index (κ2) is 5.51. The Hall–Kier alpha value is -1.63. The van der Waals surface area contributed by atoms with Gasteiger partial charge < -0.3 is 5.73 Å². The fourth-order valence-corrected chi connectivity index (χ4v) is 0.271. The molecule has 0 bridgehead atoms. The van der Waals surface area contributed by atoms with Gasteiger partial charge in [-0.05, 0) is 6.08 Å². The van der Waals surface area contributed by atoms with E-state index >= 15 is 0 Å². The summed E-state index contributed by atoms with van der Waals surface area (Å²) in [5.74, 6) is 0.209. The third-order valence-electron chi connectivity index (χ3n) is 0.618. The van der Waals surface area contributed by atoms with Gasteiger partial charge in [-0.15, -0.1) is 5.10 Å². The van der Waals surface area contributed by atoms with Crippen molar-refractivity contribution in [3.63, 3.8) is 0 Å². The minimum atomic E-state index is 0.106. The maximum atomic E-state index is 8.11. The molecule has 0 saturated carbocycles. The lowest BCUT2D eigenvalue weighted by molar-refractivity contribution is 1.20. The van der Waals surface area contributed by atoms with E-state index in [0.717, 1.165) is 0 Å². The van der Waals surface area contributed by atoms with Crippen LogP contribution in [0.25, 0.3) is 0 Å². The number of hydrogen-bond donors (Lipinski definition) is 1. The number of nitrogens with two attached hydrogens (primary N) is 1. The normalized spacial score (nSPS) is 11.3. The van der Waals surface area contributed by atoms with Gasteiger partial charge in [-0.3, -0.25) is 0 Å². The van der Waals surface area contributed by atoms with Crippen molar-refractivity contribution >= 4 is 12.1 Å². The molecule has 0 aliphatic carbocycles. The smallest absolute Gasteiger partial charge is 0.136 e. The van der Waals surface area contributed by atoms with Crippen molar-refractivity contribution in [3.05, 3.63) is 12.7 Å². The molecule has 0 unspecified atom stereocenters. The first-order valence-corrected chi connectivity index (χ1v) is 2.64. The lowest BCUT2D eigenvalue weighted by atomic mass is 10.4. The molecular formula is C6H8N4. The Bertz CT molecular complexity index is 196. The molecule has 10 heavy (non-hydrogen) atoms. The van der Waals surface area contributed by atoms with Gasteiger partial charge in [0, 0.05) is 6.21 Å². The molecule has 0 fully saturated rings. The molecule has 0 rings (SSSR count). The maximum absolute atomic E-state index is 8.11. The summed E-state index contributed by atoms with van der Waals surface area (Å²) in [5, 5.41) is 15.1. The van der Waals surface area contributed by atoms with E-state index in [0.29, 0.717) is 0 Å². The standard InChI is InChI=1S/C6H8N4/c1-2-5-9-10-6(8)3-4-7/h2,5H,1,3H2,(H2,8,10)/b9-5+. The lowest BCUT2D eigenvalue weighted by Gasteiger charge is -1.84. The molecule has 0 aromatic heterocycles. The van der Waals surface area contributed by atoms with E-state index in [9.17, 15) is 0 Å². The molecule has 52 valence electrons. The number of amidine groups is 1. The van der Waals surface area contributed by atoms with Crippen LogP contribution in [0.3, 0.4) is 0 Å². The SMILES string of the molecule is C=C/C=N/N=C(N)CC#N. The van der Waals surface area contributed by atoms with Crippen LogP contribution in [-0.4, -0.2) is 12.1 Å². The van der Waals surface area contributed by atoms with Gasteiger partial charge in [-0.1, -0.05) is 6.58 Å². The first-order valence-electron chi connectivity index (χ1n) is 2.64. The first-order chi connectivity index (χ1) is 4.81. The van der Waals surface area contributed by atoms with Crippen molar-refractivity contribution < 1.29 is 0 Å². The van der Waals surface area contributed by atoms with E-state index in [-0.39, 0.29) is 12.3 Å². The van der Waals surface area contributed by atoms with Crippen molar-refractivity contribution in [1.82, 2.24) is 0 Å². The number of hydrogen-bond acceptors (Lipinski definition) is 3. The van der Waals surface area contributed by atoms with Gasteiger partial charge in [0.25, 0.3) is 0 Å². The van der Waals surface area contributed by atoms with Crippen LogP contribution >= 0.6 is 0 Å². The summed E-state index contributed by atoms with van der Waals surface area (Å²) in [5.41, 5.74) is 5.20. The van der Waals surface area contributed by atoms with E-state index in [4.69, 9.17) is 11.0 Å². The highest BCUT2D eigenvalue weighted by atomic mass is 15.2. The number of nitriles is 1. The van der Waals surface area contributed by atoms with Crippen LogP contribution in [0.2, 0.25) is 0 Å². The fourth-order valence-electron chi connectivity index (χ4n) is 0.271. The second-order valence-corrected chi connectivity index (χ2v) is 1.43. The van der Waals surface area contributed by atoms with Gasteiger partial charge >= 0.3 is 0 Å². The average Bonchev–Trinajstić information content (AvgIpc) is 1.89. The lowest BCUT2D eigenvalue weighted by Crippen LogP contribution is -2.09. The van der Waals surface area contributed by atoms with Gasteiger partial charge in [0.05, 0.1) is 12.5 Å². The van der Waals surface area contributed by atoms with Crippen LogP contribution in [0, 0.1) is 11.3 Å². The Labute approximate surface area is 59.4 Å². The molecule has 0 spiro atoms. The Morgan fingerprint density at radius 3 is 3.00 bits per heavy atom. The van der Waals surface area contributed by atoms with Gasteiger partial charge in [0.1, 0.15) is 5.84 Å². The highest BCUT2D eigenvalue weighted by Crippen LogP contribution is 1.77. The largest absolute Gasteiger partial charge is 0.385 e. The van der Waals surface area contributed by atoms with E-state index in [1.807, 2.05) is 6.07 Å². The summed E-state index contributed by atoms with van der Waals surface area (Å²) >= 11 is 0. The van der Waals surface area contributed by atoms with Gasteiger partial charge in [0.15, 0.2) is 0 Å². The van der Waals surface area contributed by atoms with Crippen molar-refractivity contribution in [1.29, 1.82) is 5.26 Å². The molecule has 2 N–H and O–H groups in total. The van der Waals surface area contributed by atoms with E-state index in [1.54, 1.807) is 0 Å². The molecule has 0 saturated heterocycles. The van der Waals surface area contributed by atoms with Gasteiger partial charge in [-0.25, -0.2) is 0 Å². The molecule has 4 nitrogen and oxygen atoms in total. The minimum Gasteiger partial charge on any atom is -0.385 e. The van der Waals surface area contributed by atoms with Crippen LogP contribution in [0.1, 0.15) is 6.42 Å². The molecule has 0 aliphatic rings.